The van der Waals surface area contributed by atoms with Crippen LogP contribution in [0.3, 0.4) is 0 Å². The number of halogens is 2. The molecule has 0 spiro atoms. The van der Waals surface area contributed by atoms with E-state index in [1.54, 1.807) is 12.1 Å². The van der Waals surface area contributed by atoms with Gasteiger partial charge in [-0.15, -0.1) is 0 Å². The number of benzene rings is 2. The summed E-state index contributed by atoms with van der Waals surface area (Å²) in [7, 11) is 5.35. The molecular weight excluding hydrogens is 549 g/mol. The lowest BCUT2D eigenvalue weighted by Gasteiger charge is -2.30. The summed E-state index contributed by atoms with van der Waals surface area (Å²) in [6.07, 6.45) is 0.884. The molecule has 0 unspecified atom stereocenters. The first kappa shape index (κ1) is 31.4. The third kappa shape index (κ3) is 8.43. The van der Waals surface area contributed by atoms with Crippen molar-refractivity contribution in [3.63, 3.8) is 0 Å². The summed E-state index contributed by atoms with van der Waals surface area (Å²) < 4.78 is 10.8. The Kier molecular flexibility index (Phi) is 11.0. The van der Waals surface area contributed by atoms with Crippen molar-refractivity contribution in [1.82, 2.24) is 15.2 Å². The average molecular weight is 587 g/mol. The van der Waals surface area contributed by atoms with E-state index >= 15 is 0 Å². The molecule has 0 radical (unpaired) electrons. The Balaban J connectivity index is 2.03. The van der Waals surface area contributed by atoms with Crippen LogP contribution >= 0.6 is 23.2 Å². The lowest BCUT2D eigenvalue weighted by molar-refractivity contribution is -0.141. The Morgan fingerprint density at radius 2 is 1.73 bits per heavy atom. The summed E-state index contributed by atoms with van der Waals surface area (Å²) in [6.45, 7) is 7.25. The van der Waals surface area contributed by atoms with Crippen LogP contribution in [0.25, 0.3) is 22.4 Å². The van der Waals surface area contributed by atoms with Gasteiger partial charge in [0, 0.05) is 34.3 Å². The molecule has 1 aromatic heterocycles. The summed E-state index contributed by atoms with van der Waals surface area (Å²) in [4.78, 5) is 32.3. The van der Waals surface area contributed by atoms with Gasteiger partial charge in [0.05, 0.1) is 30.9 Å². The molecule has 0 aliphatic heterocycles. The van der Waals surface area contributed by atoms with E-state index in [1.807, 2.05) is 77.3 Å². The quantitative estimate of drug-likeness (QED) is 0.198. The number of esters is 1. The van der Waals surface area contributed by atoms with E-state index in [4.69, 9.17) is 37.7 Å². The maximum absolute atomic E-state index is 13.4. The highest BCUT2D eigenvalue weighted by Crippen LogP contribution is 2.38. The molecular formula is C31H37Cl2N3O4. The van der Waals surface area contributed by atoms with Crippen LogP contribution < -0.4 is 10.1 Å². The molecule has 2 aromatic carbocycles. The molecule has 0 fully saturated rings. The van der Waals surface area contributed by atoms with Crippen molar-refractivity contribution in [2.45, 2.75) is 39.7 Å². The van der Waals surface area contributed by atoms with Crippen molar-refractivity contribution in [2.24, 2.45) is 5.41 Å². The van der Waals surface area contributed by atoms with Crippen LogP contribution in [0, 0.1) is 5.41 Å². The maximum Gasteiger partial charge on any atom is 0.307 e. The molecule has 0 saturated heterocycles. The molecule has 7 nitrogen and oxygen atoms in total. The molecule has 0 aliphatic carbocycles. The van der Waals surface area contributed by atoms with Gasteiger partial charge in [-0.1, -0.05) is 68.2 Å². The SMILES string of the molecule is COC(=O)C[C@H](NC(=O)c1ccc(-c2ccccc2Cl)c(-c2ccc(Cl)c(OCCCN(C)C)c2)n1)C(C)(C)C. The summed E-state index contributed by atoms with van der Waals surface area (Å²) in [5.41, 5.74) is 2.62. The molecule has 1 N–H and O–H groups in total. The number of aromatic nitrogens is 1. The second-order valence-corrected chi connectivity index (χ2v) is 11.7. The lowest BCUT2D eigenvalue weighted by atomic mass is 9.84. The number of ether oxygens (including phenoxy) is 2. The molecule has 9 heteroatoms. The van der Waals surface area contributed by atoms with Crippen LogP contribution in [-0.4, -0.2) is 62.2 Å². The first-order valence-corrected chi connectivity index (χ1v) is 13.9. The van der Waals surface area contributed by atoms with E-state index in [0.717, 1.165) is 29.7 Å². The third-order valence-corrected chi connectivity index (χ3v) is 7.09. The van der Waals surface area contributed by atoms with Crippen LogP contribution in [0.4, 0.5) is 0 Å². The number of hydrogen-bond donors (Lipinski definition) is 1. The van der Waals surface area contributed by atoms with Crippen molar-refractivity contribution < 1.29 is 19.1 Å². The lowest BCUT2D eigenvalue weighted by Crippen LogP contribution is -2.45. The monoisotopic (exact) mass is 585 g/mol. The van der Waals surface area contributed by atoms with E-state index in [1.165, 1.54) is 7.11 Å². The Morgan fingerprint density at radius 3 is 2.38 bits per heavy atom. The average Bonchev–Trinajstić information content (AvgIpc) is 2.91. The Hall–Kier alpha value is -3.13. The summed E-state index contributed by atoms with van der Waals surface area (Å²) >= 11 is 13.0. The fraction of sp³-hybridized carbons (Fsp3) is 0.387. The molecule has 1 atom stereocenters. The van der Waals surface area contributed by atoms with Gasteiger partial charge in [-0.05, 0) is 56.3 Å². The zero-order valence-electron chi connectivity index (χ0n) is 23.9. The predicted molar refractivity (Wildman–Crippen MR) is 161 cm³/mol. The van der Waals surface area contributed by atoms with Crippen molar-refractivity contribution in [3.05, 3.63) is 70.3 Å². The second kappa shape index (κ2) is 14.0. The zero-order chi connectivity index (χ0) is 29.4. The number of rotatable bonds is 11. The first-order valence-electron chi connectivity index (χ1n) is 13.1. The van der Waals surface area contributed by atoms with Gasteiger partial charge in [-0.3, -0.25) is 9.59 Å². The van der Waals surface area contributed by atoms with Gasteiger partial charge in [-0.2, -0.15) is 0 Å². The second-order valence-electron chi connectivity index (χ2n) is 10.9. The van der Waals surface area contributed by atoms with Crippen LogP contribution in [-0.2, 0) is 9.53 Å². The van der Waals surface area contributed by atoms with Crippen LogP contribution in [0.1, 0.15) is 44.1 Å². The molecule has 40 heavy (non-hydrogen) atoms. The molecule has 0 aliphatic rings. The van der Waals surface area contributed by atoms with Crippen molar-refractivity contribution in [3.8, 4) is 28.1 Å². The van der Waals surface area contributed by atoms with Gasteiger partial charge < -0.3 is 19.7 Å². The molecule has 214 valence electrons. The number of hydrogen-bond acceptors (Lipinski definition) is 6. The Bertz CT molecular complexity index is 1340. The van der Waals surface area contributed by atoms with Gasteiger partial charge in [0.2, 0.25) is 0 Å². The normalized spacial score (nSPS) is 12.2. The summed E-state index contributed by atoms with van der Waals surface area (Å²) in [6, 6.07) is 15.9. The van der Waals surface area contributed by atoms with Gasteiger partial charge in [0.15, 0.2) is 0 Å². The smallest absolute Gasteiger partial charge is 0.307 e. The standard InChI is InChI=1S/C31H37Cl2N3O4/c1-31(2,3)27(19-28(37)39-6)35-30(38)25-15-13-22(21-10-7-8-11-23(21)32)29(34-25)20-12-14-24(33)26(18-20)40-17-9-16-36(4)5/h7-8,10-15,18,27H,9,16-17,19H2,1-6H3,(H,35,38)/t27-/m0/s1. The molecule has 0 saturated carbocycles. The Labute approximate surface area is 246 Å². The highest BCUT2D eigenvalue weighted by atomic mass is 35.5. The van der Waals surface area contributed by atoms with Gasteiger partial charge >= 0.3 is 5.97 Å². The fourth-order valence-electron chi connectivity index (χ4n) is 4.08. The van der Waals surface area contributed by atoms with Crippen LogP contribution in [0.2, 0.25) is 10.0 Å². The van der Waals surface area contributed by atoms with Crippen molar-refractivity contribution >= 4 is 35.1 Å². The molecule has 1 amide bonds. The summed E-state index contributed by atoms with van der Waals surface area (Å²) in [5, 5.41) is 4.02. The van der Waals surface area contributed by atoms with E-state index in [0.29, 0.717) is 28.1 Å². The van der Waals surface area contributed by atoms with Crippen molar-refractivity contribution in [2.75, 3.05) is 34.4 Å². The number of carbonyl (C=O) groups excluding carboxylic acids is 2. The number of nitrogens with zero attached hydrogens (tertiary/aromatic N) is 2. The highest BCUT2D eigenvalue weighted by molar-refractivity contribution is 6.33. The minimum Gasteiger partial charge on any atom is -0.492 e. The van der Waals surface area contributed by atoms with E-state index in [-0.39, 0.29) is 17.5 Å². The molecule has 1 heterocycles. The number of nitrogens with one attached hydrogen (secondary N) is 1. The maximum atomic E-state index is 13.4. The van der Waals surface area contributed by atoms with Gasteiger partial charge in [0.25, 0.3) is 5.91 Å². The topological polar surface area (TPSA) is 80.8 Å². The summed E-state index contributed by atoms with van der Waals surface area (Å²) in [5.74, 6) is -0.266. The number of pyridine rings is 1. The molecule has 3 aromatic rings. The third-order valence-electron chi connectivity index (χ3n) is 6.45. The van der Waals surface area contributed by atoms with E-state index in [9.17, 15) is 9.59 Å². The largest absolute Gasteiger partial charge is 0.492 e. The van der Waals surface area contributed by atoms with Gasteiger partial charge in [-0.25, -0.2) is 4.98 Å². The molecule has 0 bridgehead atoms. The van der Waals surface area contributed by atoms with Gasteiger partial charge in [0.1, 0.15) is 11.4 Å². The number of carbonyl (C=O) groups is 2. The molecule has 3 rings (SSSR count). The Morgan fingerprint density at radius 1 is 1.00 bits per heavy atom. The zero-order valence-corrected chi connectivity index (χ0v) is 25.4. The van der Waals surface area contributed by atoms with Crippen LogP contribution in [0.15, 0.2) is 54.6 Å². The number of amides is 1. The number of methoxy groups -OCH3 is 1. The highest BCUT2D eigenvalue weighted by Gasteiger charge is 2.30. The minimum absolute atomic E-state index is 0.0437. The van der Waals surface area contributed by atoms with Crippen molar-refractivity contribution in [1.29, 1.82) is 0 Å². The predicted octanol–water partition coefficient (Wildman–Crippen LogP) is 6.76. The van der Waals surface area contributed by atoms with E-state index in [2.05, 4.69) is 10.2 Å². The van der Waals surface area contributed by atoms with E-state index < -0.39 is 17.9 Å². The first-order chi connectivity index (χ1) is 18.9. The van der Waals surface area contributed by atoms with Crippen LogP contribution in [0.5, 0.6) is 5.75 Å². The minimum atomic E-state index is -0.460. The fourth-order valence-corrected chi connectivity index (χ4v) is 4.49.